The molecule has 0 heterocycles. The molecule has 1 aromatic rings. The Kier molecular flexibility index (Phi) is 6.53. The van der Waals surface area contributed by atoms with E-state index in [1.54, 1.807) is 0 Å². The molecular formula is C17H26BrNO. The molecule has 1 aliphatic rings. The van der Waals surface area contributed by atoms with E-state index in [9.17, 15) is 0 Å². The Hall–Kier alpha value is -0.380. The SMILES string of the molecule is CC(C)NCC(OCC1CCCC1)c1cccc(Br)c1. The van der Waals surface area contributed by atoms with E-state index in [1.165, 1.54) is 31.2 Å². The highest BCUT2D eigenvalue weighted by Crippen LogP contribution is 2.28. The van der Waals surface area contributed by atoms with Gasteiger partial charge in [-0.15, -0.1) is 0 Å². The Morgan fingerprint density at radius 3 is 2.70 bits per heavy atom. The zero-order chi connectivity index (χ0) is 14.4. The van der Waals surface area contributed by atoms with Gasteiger partial charge in [-0.25, -0.2) is 0 Å². The van der Waals surface area contributed by atoms with Gasteiger partial charge in [0, 0.05) is 17.1 Å². The van der Waals surface area contributed by atoms with Gasteiger partial charge in [-0.1, -0.05) is 54.8 Å². The molecule has 1 aromatic carbocycles. The molecular weight excluding hydrogens is 314 g/mol. The van der Waals surface area contributed by atoms with Crippen molar-refractivity contribution in [3.8, 4) is 0 Å². The summed E-state index contributed by atoms with van der Waals surface area (Å²) in [4.78, 5) is 0. The van der Waals surface area contributed by atoms with Gasteiger partial charge in [-0.05, 0) is 36.5 Å². The van der Waals surface area contributed by atoms with E-state index in [1.807, 2.05) is 0 Å². The third-order valence-corrected chi connectivity index (χ3v) is 4.43. The molecule has 112 valence electrons. The normalized spacial score (nSPS) is 17.8. The Labute approximate surface area is 131 Å². The van der Waals surface area contributed by atoms with Crippen molar-refractivity contribution < 1.29 is 4.74 Å². The van der Waals surface area contributed by atoms with E-state index in [2.05, 4.69) is 59.4 Å². The molecule has 0 spiro atoms. The van der Waals surface area contributed by atoms with Crippen molar-refractivity contribution in [2.24, 2.45) is 5.92 Å². The number of hydrogen-bond donors (Lipinski definition) is 1. The predicted molar refractivity (Wildman–Crippen MR) is 87.9 cm³/mol. The lowest BCUT2D eigenvalue weighted by Gasteiger charge is -2.22. The maximum atomic E-state index is 6.23. The Morgan fingerprint density at radius 1 is 1.30 bits per heavy atom. The summed E-state index contributed by atoms with van der Waals surface area (Å²) in [6, 6.07) is 8.96. The lowest BCUT2D eigenvalue weighted by molar-refractivity contribution is 0.0284. The second kappa shape index (κ2) is 8.16. The van der Waals surface area contributed by atoms with Crippen LogP contribution >= 0.6 is 15.9 Å². The average molecular weight is 340 g/mol. The summed E-state index contributed by atoms with van der Waals surface area (Å²) in [5.41, 5.74) is 1.26. The van der Waals surface area contributed by atoms with E-state index in [0.717, 1.165) is 23.5 Å². The van der Waals surface area contributed by atoms with Crippen molar-refractivity contribution in [1.29, 1.82) is 0 Å². The second-order valence-corrected chi connectivity index (χ2v) is 7.01. The van der Waals surface area contributed by atoms with Crippen LogP contribution in [0, 0.1) is 5.92 Å². The van der Waals surface area contributed by atoms with Crippen LogP contribution in [-0.2, 0) is 4.74 Å². The Bertz CT molecular complexity index is 402. The highest BCUT2D eigenvalue weighted by molar-refractivity contribution is 9.10. The van der Waals surface area contributed by atoms with E-state index < -0.39 is 0 Å². The molecule has 1 unspecified atom stereocenters. The van der Waals surface area contributed by atoms with E-state index in [4.69, 9.17) is 4.74 Å². The number of halogens is 1. The summed E-state index contributed by atoms with van der Waals surface area (Å²) in [6.07, 6.45) is 5.57. The zero-order valence-corrected chi connectivity index (χ0v) is 14.2. The molecule has 0 aliphatic heterocycles. The van der Waals surface area contributed by atoms with E-state index in [-0.39, 0.29) is 6.10 Å². The molecule has 20 heavy (non-hydrogen) atoms. The summed E-state index contributed by atoms with van der Waals surface area (Å²) in [5.74, 6) is 0.767. The lowest BCUT2D eigenvalue weighted by atomic mass is 10.1. The maximum Gasteiger partial charge on any atom is 0.0949 e. The topological polar surface area (TPSA) is 21.3 Å². The molecule has 1 saturated carbocycles. The van der Waals surface area contributed by atoms with Crippen LogP contribution in [0.5, 0.6) is 0 Å². The number of benzene rings is 1. The molecule has 2 nitrogen and oxygen atoms in total. The van der Waals surface area contributed by atoms with Gasteiger partial charge in [0.25, 0.3) is 0 Å². The molecule has 0 bridgehead atoms. The molecule has 0 radical (unpaired) electrons. The third-order valence-electron chi connectivity index (χ3n) is 3.94. The van der Waals surface area contributed by atoms with E-state index in [0.29, 0.717) is 6.04 Å². The minimum atomic E-state index is 0.149. The first-order valence-electron chi connectivity index (χ1n) is 7.75. The third kappa shape index (κ3) is 5.19. The van der Waals surface area contributed by atoms with Gasteiger partial charge in [0.05, 0.1) is 12.7 Å². The quantitative estimate of drug-likeness (QED) is 0.777. The van der Waals surface area contributed by atoms with Crippen molar-refractivity contribution in [3.63, 3.8) is 0 Å². The highest BCUT2D eigenvalue weighted by atomic mass is 79.9. The summed E-state index contributed by atoms with van der Waals surface area (Å²) >= 11 is 3.55. The monoisotopic (exact) mass is 339 g/mol. The van der Waals surface area contributed by atoms with Gasteiger partial charge in [0.2, 0.25) is 0 Å². The van der Waals surface area contributed by atoms with Gasteiger partial charge in [-0.3, -0.25) is 0 Å². The zero-order valence-electron chi connectivity index (χ0n) is 12.6. The fourth-order valence-electron chi connectivity index (χ4n) is 2.75. The first-order valence-corrected chi connectivity index (χ1v) is 8.55. The van der Waals surface area contributed by atoms with Crippen molar-refractivity contribution in [3.05, 3.63) is 34.3 Å². The first-order chi connectivity index (χ1) is 9.65. The van der Waals surface area contributed by atoms with Crippen LogP contribution in [0.25, 0.3) is 0 Å². The van der Waals surface area contributed by atoms with Gasteiger partial charge in [0.15, 0.2) is 0 Å². The minimum absolute atomic E-state index is 0.149. The standard InChI is InChI=1S/C17H26BrNO/c1-13(2)19-11-17(15-8-5-9-16(18)10-15)20-12-14-6-3-4-7-14/h5,8-10,13-14,17,19H,3-4,6-7,11-12H2,1-2H3. The van der Waals surface area contributed by atoms with Crippen molar-refractivity contribution >= 4 is 15.9 Å². The van der Waals surface area contributed by atoms with Crippen molar-refractivity contribution in [2.45, 2.75) is 51.7 Å². The number of ether oxygens (including phenoxy) is 1. The summed E-state index contributed by atoms with van der Waals surface area (Å²) in [6.45, 7) is 6.13. The van der Waals surface area contributed by atoms with Gasteiger partial charge < -0.3 is 10.1 Å². The van der Waals surface area contributed by atoms with Crippen LogP contribution in [0.2, 0.25) is 0 Å². The number of rotatable bonds is 7. The number of nitrogens with one attached hydrogen (secondary N) is 1. The first kappa shape index (κ1) is 16.0. The fraction of sp³-hybridized carbons (Fsp3) is 0.647. The van der Waals surface area contributed by atoms with Gasteiger partial charge >= 0.3 is 0 Å². The van der Waals surface area contributed by atoms with Crippen LogP contribution in [0.4, 0.5) is 0 Å². The van der Waals surface area contributed by atoms with Crippen LogP contribution in [0.1, 0.15) is 51.2 Å². The molecule has 0 aromatic heterocycles. The molecule has 1 N–H and O–H groups in total. The minimum Gasteiger partial charge on any atom is -0.372 e. The van der Waals surface area contributed by atoms with Gasteiger partial charge in [-0.2, -0.15) is 0 Å². The van der Waals surface area contributed by atoms with Crippen LogP contribution in [0.3, 0.4) is 0 Å². The predicted octanol–water partition coefficient (Wildman–Crippen LogP) is 4.70. The smallest absolute Gasteiger partial charge is 0.0949 e. The summed E-state index contributed by atoms with van der Waals surface area (Å²) in [7, 11) is 0. The molecule has 1 aliphatic carbocycles. The summed E-state index contributed by atoms with van der Waals surface area (Å²) in [5, 5.41) is 3.50. The maximum absolute atomic E-state index is 6.23. The molecule has 0 saturated heterocycles. The fourth-order valence-corrected chi connectivity index (χ4v) is 3.17. The largest absolute Gasteiger partial charge is 0.372 e. The molecule has 1 fully saturated rings. The molecule has 3 heteroatoms. The Balaban J connectivity index is 1.95. The average Bonchev–Trinajstić information content (AvgIpc) is 2.91. The Morgan fingerprint density at radius 2 is 2.05 bits per heavy atom. The van der Waals surface area contributed by atoms with Crippen LogP contribution in [0.15, 0.2) is 28.7 Å². The van der Waals surface area contributed by atoms with Crippen LogP contribution in [-0.4, -0.2) is 19.2 Å². The lowest BCUT2D eigenvalue weighted by Crippen LogP contribution is -2.30. The molecule has 0 amide bonds. The van der Waals surface area contributed by atoms with Crippen molar-refractivity contribution in [2.75, 3.05) is 13.2 Å². The van der Waals surface area contributed by atoms with E-state index >= 15 is 0 Å². The second-order valence-electron chi connectivity index (χ2n) is 6.09. The number of hydrogen-bond acceptors (Lipinski definition) is 2. The van der Waals surface area contributed by atoms with Gasteiger partial charge in [0.1, 0.15) is 0 Å². The van der Waals surface area contributed by atoms with Crippen LogP contribution < -0.4 is 5.32 Å². The molecule has 1 atom stereocenters. The highest BCUT2D eigenvalue weighted by Gasteiger charge is 2.19. The molecule has 2 rings (SSSR count). The summed E-state index contributed by atoms with van der Waals surface area (Å²) < 4.78 is 7.35. The van der Waals surface area contributed by atoms with Crippen molar-refractivity contribution in [1.82, 2.24) is 5.32 Å².